The average Bonchev–Trinajstić information content (AvgIpc) is 3.25. The van der Waals surface area contributed by atoms with E-state index < -0.39 is 9.84 Å². The molecule has 3 aromatic rings. The number of nitrogens with zero attached hydrogens (tertiary/aromatic N) is 2. The highest BCUT2D eigenvalue weighted by molar-refractivity contribution is 7.91. The van der Waals surface area contributed by atoms with Crippen molar-refractivity contribution in [3.8, 4) is 23.0 Å². The van der Waals surface area contributed by atoms with E-state index in [-0.39, 0.29) is 9.92 Å². The van der Waals surface area contributed by atoms with Gasteiger partial charge < -0.3 is 18.8 Å². The van der Waals surface area contributed by atoms with Gasteiger partial charge in [-0.15, -0.1) is 0 Å². The first-order valence-electron chi connectivity index (χ1n) is 10.9. The predicted octanol–water partition coefficient (Wildman–Crippen LogP) is 4.49. The highest BCUT2D eigenvalue weighted by Gasteiger charge is 2.33. The van der Waals surface area contributed by atoms with Crippen molar-refractivity contribution in [1.82, 2.24) is 4.98 Å². The van der Waals surface area contributed by atoms with Crippen LogP contribution in [0.25, 0.3) is 11.5 Å². The highest BCUT2D eigenvalue weighted by atomic mass is 32.2. The number of sulfone groups is 1. The molecule has 0 unspecified atom stereocenters. The number of benzene rings is 2. The first-order valence-corrected chi connectivity index (χ1v) is 12.4. The molecule has 0 saturated carbocycles. The van der Waals surface area contributed by atoms with Gasteiger partial charge in [-0.1, -0.05) is 25.1 Å². The van der Waals surface area contributed by atoms with Gasteiger partial charge in [0.15, 0.2) is 11.5 Å². The number of hydrogen-bond donors (Lipinski definition) is 0. The number of oxazole rings is 1. The molecule has 8 heteroatoms. The van der Waals surface area contributed by atoms with E-state index in [0.717, 1.165) is 37.1 Å². The number of ether oxygens (including phenoxy) is 2. The Morgan fingerprint density at radius 3 is 2.47 bits per heavy atom. The van der Waals surface area contributed by atoms with Gasteiger partial charge in [-0.25, -0.2) is 8.42 Å². The van der Waals surface area contributed by atoms with Crippen LogP contribution in [-0.2, 0) is 9.84 Å². The van der Waals surface area contributed by atoms with Gasteiger partial charge >= 0.3 is 0 Å². The van der Waals surface area contributed by atoms with Crippen molar-refractivity contribution >= 4 is 15.7 Å². The van der Waals surface area contributed by atoms with Gasteiger partial charge in [0, 0.05) is 24.7 Å². The second-order valence-corrected chi connectivity index (χ2v) is 10.3. The highest BCUT2D eigenvalue weighted by Crippen LogP contribution is 2.39. The van der Waals surface area contributed by atoms with Gasteiger partial charge in [0.25, 0.3) is 0 Å². The van der Waals surface area contributed by atoms with E-state index in [4.69, 9.17) is 13.9 Å². The lowest BCUT2D eigenvalue weighted by molar-refractivity contribution is 0.171. The molecule has 2 aliphatic heterocycles. The zero-order valence-electron chi connectivity index (χ0n) is 18.2. The monoisotopic (exact) mass is 454 g/mol. The molecule has 5 rings (SSSR count). The van der Waals surface area contributed by atoms with Crippen LogP contribution in [0.15, 0.2) is 56.8 Å². The number of rotatable bonds is 4. The van der Waals surface area contributed by atoms with Crippen LogP contribution in [-0.4, -0.2) is 39.7 Å². The summed E-state index contributed by atoms with van der Waals surface area (Å²) in [6.07, 6.45) is 1.95. The fraction of sp³-hybridized carbons (Fsp3) is 0.375. The first-order chi connectivity index (χ1) is 15.4. The van der Waals surface area contributed by atoms with E-state index in [1.54, 1.807) is 6.07 Å². The maximum atomic E-state index is 13.7. The van der Waals surface area contributed by atoms with Gasteiger partial charge in [0.2, 0.25) is 26.6 Å². The zero-order chi connectivity index (χ0) is 22.3. The Morgan fingerprint density at radius 1 is 1.00 bits per heavy atom. The molecule has 1 saturated heterocycles. The number of aryl methyl sites for hydroxylation is 1. The Balaban J connectivity index is 1.62. The Morgan fingerprint density at radius 2 is 1.72 bits per heavy atom. The van der Waals surface area contributed by atoms with E-state index in [0.29, 0.717) is 42.4 Å². The largest absolute Gasteiger partial charge is 0.486 e. The van der Waals surface area contributed by atoms with Crippen molar-refractivity contribution in [1.29, 1.82) is 0 Å². The molecule has 0 N–H and O–H groups in total. The smallest absolute Gasteiger partial charge is 0.236 e. The molecular formula is C24H26N2O5S. The van der Waals surface area contributed by atoms with E-state index in [1.165, 1.54) is 12.1 Å². The van der Waals surface area contributed by atoms with Crippen LogP contribution in [0.4, 0.5) is 5.88 Å². The van der Waals surface area contributed by atoms with Crippen molar-refractivity contribution in [3.63, 3.8) is 0 Å². The van der Waals surface area contributed by atoms with Crippen LogP contribution in [0.1, 0.15) is 25.3 Å². The minimum Gasteiger partial charge on any atom is -0.486 e. The molecule has 3 heterocycles. The summed E-state index contributed by atoms with van der Waals surface area (Å²) in [4.78, 5) is 6.64. The third-order valence-electron chi connectivity index (χ3n) is 6.10. The average molecular weight is 455 g/mol. The third kappa shape index (κ3) is 3.72. The molecular weight excluding hydrogens is 428 g/mol. The van der Waals surface area contributed by atoms with Gasteiger partial charge in [0.05, 0.1) is 4.90 Å². The lowest BCUT2D eigenvalue weighted by Gasteiger charge is -2.30. The predicted molar refractivity (Wildman–Crippen MR) is 120 cm³/mol. The molecule has 32 heavy (non-hydrogen) atoms. The summed E-state index contributed by atoms with van der Waals surface area (Å²) in [6.45, 7) is 6.45. The van der Waals surface area contributed by atoms with Crippen LogP contribution in [0, 0.1) is 12.8 Å². The summed E-state index contributed by atoms with van der Waals surface area (Å²) in [5.74, 6) is 2.19. The van der Waals surface area contributed by atoms with E-state index >= 15 is 0 Å². The molecule has 0 bridgehead atoms. The lowest BCUT2D eigenvalue weighted by Crippen LogP contribution is -2.33. The molecule has 0 radical (unpaired) electrons. The number of aromatic nitrogens is 1. The number of piperidine rings is 1. The topological polar surface area (TPSA) is 81.9 Å². The standard InChI is InChI=1S/C24H26N2O5S/c1-16-9-11-26(12-10-16)24-23(25-22(31-24)19-6-4-3-5-17(19)2)32(27,28)18-7-8-20-21(15-18)30-14-13-29-20/h3-8,15-16H,9-14H2,1-2H3. The quantitative estimate of drug-likeness (QED) is 0.574. The fourth-order valence-corrected chi connectivity index (χ4v) is 5.45. The van der Waals surface area contributed by atoms with Crippen molar-refractivity contribution in [2.45, 2.75) is 36.6 Å². The second kappa shape index (κ2) is 8.16. The molecule has 168 valence electrons. The Kier molecular flexibility index (Phi) is 5.33. The first kappa shape index (κ1) is 20.9. The van der Waals surface area contributed by atoms with E-state index in [9.17, 15) is 8.42 Å². The van der Waals surface area contributed by atoms with Crippen molar-refractivity contribution in [2.24, 2.45) is 5.92 Å². The van der Waals surface area contributed by atoms with Gasteiger partial charge in [-0.05, 0) is 49.4 Å². The minimum atomic E-state index is -3.95. The van der Waals surface area contributed by atoms with E-state index in [2.05, 4.69) is 11.9 Å². The van der Waals surface area contributed by atoms with Crippen LogP contribution >= 0.6 is 0 Å². The number of hydrogen-bond acceptors (Lipinski definition) is 7. The lowest BCUT2D eigenvalue weighted by atomic mass is 9.99. The maximum Gasteiger partial charge on any atom is 0.236 e. The summed E-state index contributed by atoms with van der Waals surface area (Å²) >= 11 is 0. The Bertz CT molecular complexity index is 1240. The van der Waals surface area contributed by atoms with Crippen LogP contribution < -0.4 is 14.4 Å². The third-order valence-corrected chi connectivity index (χ3v) is 7.75. The van der Waals surface area contributed by atoms with Crippen LogP contribution in [0.2, 0.25) is 0 Å². The summed E-state index contributed by atoms with van der Waals surface area (Å²) < 4.78 is 44.8. The normalized spacial score (nSPS) is 16.9. The molecule has 2 aromatic carbocycles. The molecule has 0 atom stereocenters. The van der Waals surface area contributed by atoms with Gasteiger partial charge in [-0.2, -0.15) is 4.98 Å². The maximum absolute atomic E-state index is 13.7. The zero-order valence-corrected chi connectivity index (χ0v) is 19.0. The van der Waals surface area contributed by atoms with Gasteiger partial charge in [0.1, 0.15) is 13.2 Å². The van der Waals surface area contributed by atoms with Crippen LogP contribution in [0.3, 0.4) is 0 Å². The molecule has 0 aliphatic carbocycles. The number of anilines is 1. The summed E-state index contributed by atoms with van der Waals surface area (Å²) in [6, 6.07) is 12.3. The van der Waals surface area contributed by atoms with Crippen molar-refractivity contribution in [2.75, 3.05) is 31.2 Å². The molecule has 1 aromatic heterocycles. The van der Waals surface area contributed by atoms with Crippen LogP contribution in [0.5, 0.6) is 11.5 Å². The Hall–Kier alpha value is -3.00. The SMILES string of the molecule is Cc1ccccc1-c1nc(S(=O)(=O)c2ccc3c(c2)OCCO3)c(N2CCC(C)CC2)o1. The molecule has 1 fully saturated rings. The molecule has 0 spiro atoms. The molecule has 2 aliphatic rings. The van der Waals surface area contributed by atoms with Crippen molar-refractivity contribution < 1.29 is 22.3 Å². The summed E-state index contributed by atoms with van der Waals surface area (Å²) in [5.41, 5.74) is 1.75. The van der Waals surface area contributed by atoms with Gasteiger partial charge in [-0.3, -0.25) is 0 Å². The second-order valence-electron chi connectivity index (χ2n) is 8.42. The number of fused-ring (bicyclic) bond motifs is 1. The fourth-order valence-electron chi connectivity index (χ4n) is 4.12. The van der Waals surface area contributed by atoms with E-state index in [1.807, 2.05) is 36.1 Å². The van der Waals surface area contributed by atoms with Crippen molar-refractivity contribution in [3.05, 3.63) is 48.0 Å². The summed E-state index contributed by atoms with van der Waals surface area (Å²) in [5, 5.41) is -0.0537. The Labute approximate surface area is 187 Å². The molecule has 0 amide bonds. The minimum absolute atomic E-state index is 0.0537. The summed E-state index contributed by atoms with van der Waals surface area (Å²) in [7, 11) is -3.95. The molecule has 7 nitrogen and oxygen atoms in total.